The first-order valence-corrected chi connectivity index (χ1v) is 7.45. The molecule has 0 amide bonds. The van der Waals surface area contributed by atoms with Gasteiger partial charge in [0.1, 0.15) is 0 Å². The van der Waals surface area contributed by atoms with Crippen molar-refractivity contribution in [2.45, 2.75) is 58.8 Å². The van der Waals surface area contributed by atoms with Crippen LogP contribution in [0.2, 0.25) is 0 Å². The zero-order chi connectivity index (χ0) is 12.5. The zero-order valence-electron chi connectivity index (χ0n) is 11.7. The quantitative estimate of drug-likeness (QED) is 0.522. The molecule has 1 nitrogen and oxygen atoms in total. The number of nitrogens with one attached hydrogen (secondary N) is 1. The van der Waals surface area contributed by atoms with E-state index in [0.717, 1.165) is 30.7 Å². The second-order valence-electron chi connectivity index (χ2n) is 5.51. The average molecular weight is 235 g/mol. The summed E-state index contributed by atoms with van der Waals surface area (Å²) in [6.07, 6.45) is 14.5. The molecule has 1 heteroatoms. The van der Waals surface area contributed by atoms with Gasteiger partial charge in [-0.3, -0.25) is 0 Å². The molecule has 0 aromatic carbocycles. The Balaban J connectivity index is 2.40. The van der Waals surface area contributed by atoms with Gasteiger partial charge in [-0.1, -0.05) is 26.7 Å². The average Bonchev–Trinajstić information content (AvgIpc) is 2.37. The monoisotopic (exact) mass is 235 g/mol. The van der Waals surface area contributed by atoms with E-state index in [-0.39, 0.29) is 0 Å². The van der Waals surface area contributed by atoms with Crippen molar-refractivity contribution in [1.29, 1.82) is 0 Å². The Labute approximate surface area is 108 Å². The van der Waals surface area contributed by atoms with Crippen molar-refractivity contribution in [3.63, 3.8) is 0 Å². The van der Waals surface area contributed by atoms with E-state index in [1.165, 1.54) is 45.1 Å². The van der Waals surface area contributed by atoms with Gasteiger partial charge in [-0.05, 0) is 56.5 Å². The van der Waals surface area contributed by atoms with Gasteiger partial charge in [-0.2, -0.15) is 0 Å². The summed E-state index contributed by atoms with van der Waals surface area (Å²) >= 11 is 0. The van der Waals surface area contributed by atoms with Crippen LogP contribution >= 0.6 is 0 Å². The fourth-order valence-corrected chi connectivity index (χ4v) is 3.21. The van der Waals surface area contributed by atoms with Gasteiger partial charge in [-0.25, -0.2) is 0 Å². The molecular formula is C16H29N. The van der Waals surface area contributed by atoms with Gasteiger partial charge in [0.25, 0.3) is 0 Å². The van der Waals surface area contributed by atoms with Gasteiger partial charge in [-0.15, -0.1) is 12.3 Å². The molecule has 0 aromatic heterocycles. The first-order valence-electron chi connectivity index (χ1n) is 7.45. The minimum atomic E-state index is 0.899. The van der Waals surface area contributed by atoms with Crippen LogP contribution in [0.15, 0.2) is 0 Å². The predicted octanol–water partition coefficient (Wildman–Crippen LogP) is 3.84. The Morgan fingerprint density at radius 2 is 2.06 bits per heavy atom. The normalized spacial score (nSPS) is 28.9. The topological polar surface area (TPSA) is 12.0 Å². The maximum Gasteiger partial charge on any atom is 0.00861 e. The lowest BCUT2D eigenvalue weighted by atomic mass is 9.71. The molecule has 1 aliphatic carbocycles. The summed E-state index contributed by atoms with van der Waals surface area (Å²) in [6.45, 7) is 6.86. The molecular weight excluding hydrogens is 206 g/mol. The van der Waals surface area contributed by atoms with E-state index >= 15 is 0 Å². The summed E-state index contributed by atoms with van der Waals surface area (Å²) in [5, 5.41) is 3.53. The summed E-state index contributed by atoms with van der Waals surface area (Å²) in [5.74, 6) is 5.57. The Kier molecular flexibility index (Phi) is 7.37. The summed E-state index contributed by atoms with van der Waals surface area (Å²) in [5.41, 5.74) is 0. The molecule has 0 saturated heterocycles. The van der Waals surface area contributed by atoms with E-state index in [1.807, 2.05) is 0 Å². The highest BCUT2D eigenvalue weighted by Gasteiger charge is 2.28. The molecule has 0 bridgehead atoms. The Morgan fingerprint density at radius 1 is 1.24 bits per heavy atom. The summed E-state index contributed by atoms with van der Waals surface area (Å²) in [6, 6.07) is 0. The largest absolute Gasteiger partial charge is 0.317 e. The van der Waals surface area contributed by atoms with E-state index in [4.69, 9.17) is 6.42 Å². The lowest BCUT2D eigenvalue weighted by Gasteiger charge is -2.36. The molecule has 0 aliphatic heterocycles. The molecule has 1 aliphatic rings. The highest BCUT2D eigenvalue weighted by molar-refractivity contribution is 4.85. The SMILES string of the molecule is C#CCCCC1CC(CC)CCC1CNCC. The first-order chi connectivity index (χ1) is 8.31. The third kappa shape index (κ3) is 5.13. The molecule has 0 aromatic rings. The van der Waals surface area contributed by atoms with Crippen LogP contribution in [0.3, 0.4) is 0 Å². The van der Waals surface area contributed by atoms with Crippen LogP contribution in [0.1, 0.15) is 58.8 Å². The van der Waals surface area contributed by atoms with Crippen LogP contribution < -0.4 is 5.32 Å². The highest BCUT2D eigenvalue weighted by atomic mass is 14.8. The van der Waals surface area contributed by atoms with Crippen LogP contribution in [-0.2, 0) is 0 Å². The van der Waals surface area contributed by atoms with Crippen molar-refractivity contribution >= 4 is 0 Å². The standard InChI is InChI=1S/C16H29N/c1-4-7-8-9-15-12-14(5-2)10-11-16(15)13-17-6-3/h1,14-17H,5-13H2,2-3H3. The molecule has 1 fully saturated rings. The maximum absolute atomic E-state index is 5.35. The molecule has 1 N–H and O–H groups in total. The second kappa shape index (κ2) is 8.59. The van der Waals surface area contributed by atoms with E-state index in [0.29, 0.717) is 0 Å². The van der Waals surface area contributed by atoms with E-state index in [2.05, 4.69) is 25.1 Å². The zero-order valence-corrected chi connectivity index (χ0v) is 11.7. The summed E-state index contributed by atoms with van der Waals surface area (Å²) in [7, 11) is 0. The molecule has 3 atom stereocenters. The number of rotatable bonds is 7. The predicted molar refractivity (Wildman–Crippen MR) is 75.8 cm³/mol. The molecule has 0 radical (unpaired) electrons. The van der Waals surface area contributed by atoms with Crippen LogP contribution in [-0.4, -0.2) is 13.1 Å². The smallest absolute Gasteiger partial charge is 0.00861 e. The van der Waals surface area contributed by atoms with Crippen molar-refractivity contribution in [2.24, 2.45) is 17.8 Å². The maximum atomic E-state index is 5.35. The fourth-order valence-electron chi connectivity index (χ4n) is 3.21. The van der Waals surface area contributed by atoms with Gasteiger partial charge in [0.2, 0.25) is 0 Å². The number of hydrogen-bond donors (Lipinski definition) is 1. The Hall–Kier alpha value is -0.480. The van der Waals surface area contributed by atoms with E-state index in [9.17, 15) is 0 Å². The van der Waals surface area contributed by atoms with Crippen LogP contribution in [0, 0.1) is 30.1 Å². The summed E-state index contributed by atoms with van der Waals surface area (Å²) in [4.78, 5) is 0. The minimum Gasteiger partial charge on any atom is -0.317 e. The highest BCUT2D eigenvalue weighted by Crippen LogP contribution is 2.37. The van der Waals surface area contributed by atoms with Gasteiger partial charge < -0.3 is 5.32 Å². The number of terminal acetylenes is 1. The molecule has 0 spiro atoms. The van der Waals surface area contributed by atoms with Crippen molar-refractivity contribution in [1.82, 2.24) is 5.32 Å². The Morgan fingerprint density at radius 3 is 2.71 bits per heavy atom. The first kappa shape index (κ1) is 14.6. The van der Waals surface area contributed by atoms with Gasteiger partial charge in [0, 0.05) is 6.42 Å². The van der Waals surface area contributed by atoms with Crippen molar-refractivity contribution in [2.75, 3.05) is 13.1 Å². The van der Waals surface area contributed by atoms with Gasteiger partial charge in [0.15, 0.2) is 0 Å². The van der Waals surface area contributed by atoms with Gasteiger partial charge >= 0.3 is 0 Å². The lowest BCUT2D eigenvalue weighted by Crippen LogP contribution is -2.33. The van der Waals surface area contributed by atoms with E-state index < -0.39 is 0 Å². The Bertz CT molecular complexity index is 228. The second-order valence-corrected chi connectivity index (χ2v) is 5.51. The van der Waals surface area contributed by atoms with Crippen LogP contribution in [0.5, 0.6) is 0 Å². The fraction of sp³-hybridized carbons (Fsp3) is 0.875. The third-order valence-electron chi connectivity index (χ3n) is 4.38. The van der Waals surface area contributed by atoms with Crippen molar-refractivity contribution in [3.05, 3.63) is 0 Å². The minimum absolute atomic E-state index is 0.899. The molecule has 0 heterocycles. The molecule has 98 valence electrons. The van der Waals surface area contributed by atoms with Crippen molar-refractivity contribution in [3.8, 4) is 12.3 Å². The van der Waals surface area contributed by atoms with Crippen LogP contribution in [0.25, 0.3) is 0 Å². The lowest BCUT2D eigenvalue weighted by molar-refractivity contribution is 0.162. The molecule has 1 saturated carbocycles. The molecule has 1 rings (SSSR count). The van der Waals surface area contributed by atoms with Crippen LogP contribution in [0.4, 0.5) is 0 Å². The van der Waals surface area contributed by atoms with Gasteiger partial charge in [0.05, 0.1) is 0 Å². The molecule has 17 heavy (non-hydrogen) atoms. The number of hydrogen-bond acceptors (Lipinski definition) is 1. The van der Waals surface area contributed by atoms with Crippen molar-refractivity contribution < 1.29 is 0 Å². The third-order valence-corrected chi connectivity index (χ3v) is 4.38. The summed E-state index contributed by atoms with van der Waals surface area (Å²) < 4.78 is 0. The number of unbranched alkanes of at least 4 members (excludes halogenated alkanes) is 1. The molecule has 3 unspecified atom stereocenters. The van der Waals surface area contributed by atoms with E-state index in [1.54, 1.807) is 0 Å².